The van der Waals surface area contributed by atoms with E-state index in [1.807, 2.05) is 0 Å². The van der Waals surface area contributed by atoms with Gasteiger partial charge in [0.1, 0.15) is 6.04 Å². The highest BCUT2D eigenvalue weighted by molar-refractivity contribution is 5.92. The van der Waals surface area contributed by atoms with Crippen molar-refractivity contribution in [1.82, 2.24) is 10.2 Å². The van der Waals surface area contributed by atoms with E-state index in [2.05, 4.69) is 10.3 Å². The molecule has 0 aromatic rings. The fraction of sp³-hybridized carbons (Fsp3) is 0.692. The van der Waals surface area contributed by atoms with Crippen LogP contribution in [0.2, 0.25) is 0 Å². The molecule has 1 fully saturated rings. The summed E-state index contributed by atoms with van der Waals surface area (Å²) in [5.41, 5.74) is 21.3. The maximum absolute atomic E-state index is 12.4. The number of guanidine groups is 1. The zero-order valence-electron chi connectivity index (χ0n) is 13.0. The first kappa shape index (κ1) is 18.7. The highest BCUT2D eigenvalue weighted by Gasteiger charge is 2.35. The summed E-state index contributed by atoms with van der Waals surface area (Å²) >= 11 is 0. The second-order valence-electron chi connectivity index (χ2n) is 5.43. The van der Waals surface area contributed by atoms with E-state index in [0.717, 1.165) is 0 Å². The Kier molecular flexibility index (Phi) is 7.26. The van der Waals surface area contributed by atoms with Gasteiger partial charge in [-0.15, -0.1) is 0 Å². The number of primary amides is 1. The monoisotopic (exact) mass is 327 g/mol. The van der Waals surface area contributed by atoms with Crippen LogP contribution in [-0.2, 0) is 14.4 Å². The van der Waals surface area contributed by atoms with Crippen molar-refractivity contribution in [3.05, 3.63) is 0 Å². The van der Waals surface area contributed by atoms with Crippen LogP contribution in [0.25, 0.3) is 0 Å². The first-order chi connectivity index (χ1) is 10.8. The lowest BCUT2D eigenvalue weighted by Crippen LogP contribution is -2.52. The average molecular weight is 327 g/mol. The number of aliphatic imine (C=N–C) groups is 1. The molecule has 2 atom stereocenters. The molecule has 0 aromatic heterocycles. The quantitative estimate of drug-likeness (QED) is 0.179. The van der Waals surface area contributed by atoms with E-state index in [4.69, 9.17) is 22.9 Å². The molecule has 1 saturated heterocycles. The minimum Gasteiger partial charge on any atom is -0.370 e. The Labute approximate surface area is 134 Å². The molecule has 130 valence electrons. The van der Waals surface area contributed by atoms with Crippen molar-refractivity contribution < 1.29 is 14.4 Å². The lowest BCUT2D eigenvalue weighted by atomic mass is 10.1. The molecule has 0 aliphatic carbocycles. The van der Waals surface area contributed by atoms with Gasteiger partial charge in [0, 0.05) is 13.1 Å². The Morgan fingerprint density at radius 2 is 1.96 bits per heavy atom. The van der Waals surface area contributed by atoms with Gasteiger partial charge in [-0.25, -0.2) is 0 Å². The smallest absolute Gasteiger partial charge is 0.243 e. The number of rotatable bonds is 8. The molecule has 1 rings (SSSR count). The largest absolute Gasteiger partial charge is 0.370 e. The Hall–Kier alpha value is -2.36. The van der Waals surface area contributed by atoms with Crippen molar-refractivity contribution in [3.8, 4) is 0 Å². The van der Waals surface area contributed by atoms with Gasteiger partial charge < -0.3 is 33.2 Å². The van der Waals surface area contributed by atoms with Gasteiger partial charge in [-0.3, -0.25) is 19.4 Å². The van der Waals surface area contributed by atoms with Crippen LogP contribution in [0, 0.1) is 0 Å². The highest BCUT2D eigenvalue weighted by atomic mass is 16.2. The van der Waals surface area contributed by atoms with Crippen LogP contribution in [0.1, 0.15) is 25.7 Å². The molecule has 2 unspecified atom stereocenters. The lowest BCUT2D eigenvalue weighted by molar-refractivity contribution is -0.139. The second kappa shape index (κ2) is 8.93. The summed E-state index contributed by atoms with van der Waals surface area (Å²) in [7, 11) is 0. The number of likely N-dealkylation sites (tertiary alicyclic amines) is 1. The molecule has 10 nitrogen and oxygen atoms in total. The van der Waals surface area contributed by atoms with Crippen molar-refractivity contribution in [1.29, 1.82) is 0 Å². The number of nitrogens with one attached hydrogen (secondary N) is 1. The van der Waals surface area contributed by atoms with Gasteiger partial charge in [-0.2, -0.15) is 0 Å². The van der Waals surface area contributed by atoms with E-state index in [0.29, 0.717) is 38.8 Å². The number of amides is 3. The van der Waals surface area contributed by atoms with E-state index in [1.54, 1.807) is 0 Å². The van der Waals surface area contributed by atoms with E-state index in [1.165, 1.54) is 4.90 Å². The van der Waals surface area contributed by atoms with Crippen LogP contribution >= 0.6 is 0 Å². The van der Waals surface area contributed by atoms with Crippen LogP contribution in [0.4, 0.5) is 0 Å². The summed E-state index contributed by atoms with van der Waals surface area (Å²) in [6.07, 6.45) is 2.23. The third kappa shape index (κ3) is 6.10. The molecule has 0 radical (unpaired) electrons. The lowest BCUT2D eigenvalue weighted by Gasteiger charge is -2.26. The van der Waals surface area contributed by atoms with Crippen molar-refractivity contribution >= 4 is 23.7 Å². The zero-order valence-corrected chi connectivity index (χ0v) is 13.0. The summed E-state index contributed by atoms with van der Waals surface area (Å²) in [5.74, 6) is -1.31. The summed E-state index contributed by atoms with van der Waals surface area (Å²) < 4.78 is 0. The molecule has 3 amide bonds. The number of nitrogens with two attached hydrogens (primary N) is 4. The first-order valence-corrected chi connectivity index (χ1v) is 7.50. The minimum atomic E-state index is -0.714. The minimum absolute atomic E-state index is 0.00405. The third-order valence-electron chi connectivity index (χ3n) is 3.56. The summed E-state index contributed by atoms with van der Waals surface area (Å²) in [4.78, 5) is 40.4. The van der Waals surface area contributed by atoms with Gasteiger partial charge in [0.25, 0.3) is 0 Å². The number of nitrogens with zero attached hydrogens (tertiary/aromatic N) is 2. The molecular weight excluding hydrogens is 302 g/mol. The maximum Gasteiger partial charge on any atom is 0.243 e. The molecule has 10 heteroatoms. The molecule has 9 N–H and O–H groups in total. The van der Waals surface area contributed by atoms with Crippen LogP contribution in [0.3, 0.4) is 0 Å². The molecule has 0 aromatic carbocycles. The second-order valence-corrected chi connectivity index (χ2v) is 5.43. The molecule has 1 aliphatic heterocycles. The average Bonchev–Trinajstić information content (AvgIpc) is 2.97. The summed E-state index contributed by atoms with van der Waals surface area (Å²) in [6, 6.07) is -1.32. The van der Waals surface area contributed by atoms with Crippen molar-refractivity contribution in [2.24, 2.45) is 27.9 Å². The maximum atomic E-state index is 12.4. The van der Waals surface area contributed by atoms with Gasteiger partial charge >= 0.3 is 0 Å². The zero-order chi connectivity index (χ0) is 17.4. The number of hydrogen-bond acceptors (Lipinski definition) is 5. The van der Waals surface area contributed by atoms with Crippen LogP contribution < -0.4 is 28.3 Å². The molecule has 0 spiro atoms. The summed E-state index contributed by atoms with van der Waals surface area (Å²) in [6.45, 7) is 0.614. The van der Waals surface area contributed by atoms with Gasteiger partial charge in [-0.05, 0) is 25.7 Å². The number of carbonyl (C=O) groups excluding carboxylic acids is 3. The van der Waals surface area contributed by atoms with Crippen LogP contribution in [0.5, 0.6) is 0 Å². The molecule has 1 aliphatic rings. The van der Waals surface area contributed by atoms with Gasteiger partial charge in [0.15, 0.2) is 5.96 Å². The van der Waals surface area contributed by atoms with Gasteiger partial charge in [-0.1, -0.05) is 0 Å². The molecule has 1 heterocycles. The molecular formula is C13H25N7O3. The van der Waals surface area contributed by atoms with E-state index in [9.17, 15) is 14.4 Å². The fourth-order valence-electron chi connectivity index (χ4n) is 2.45. The fourth-order valence-corrected chi connectivity index (χ4v) is 2.45. The first-order valence-electron chi connectivity index (χ1n) is 7.50. The predicted octanol–water partition coefficient (Wildman–Crippen LogP) is -3.04. The van der Waals surface area contributed by atoms with Crippen molar-refractivity contribution in [3.63, 3.8) is 0 Å². The highest BCUT2D eigenvalue weighted by Crippen LogP contribution is 2.19. The van der Waals surface area contributed by atoms with Crippen LogP contribution in [-0.4, -0.2) is 60.3 Å². The SMILES string of the molecule is NC(=O)CNC(=O)C1CCCN1C(=O)C(N)CCCN=C(N)N. The normalized spacial score (nSPS) is 18.3. The Balaban J connectivity index is 2.50. The van der Waals surface area contributed by atoms with Gasteiger partial charge in [0.2, 0.25) is 17.7 Å². The van der Waals surface area contributed by atoms with Crippen LogP contribution in [0.15, 0.2) is 4.99 Å². The Bertz CT molecular complexity index is 476. The van der Waals surface area contributed by atoms with E-state index < -0.39 is 18.0 Å². The Morgan fingerprint density at radius 3 is 2.57 bits per heavy atom. The third-order valence-corrected chi connectivity index (χ3v) is 3.56. The molecule has 23 heavy (non-hydrogen) atoms. The molecule has 0 bridgehead atoms. The topological polar surface area (TPSA) is 183 Å². The van der Waals surface area contributed by atoms with E-state index in [-0.39, 0.29) is 24.3 Å². The van der Waals surface area contributed by atoms with E-state index >= 15 is 0 Å². The molecule has 0 saturated carbocycles. The predicted molar refractivity (Wildman–Crippen MR) is 84.8 cm³/mol. The number of carbonyl (C=O) groups is 3. The van der Waals surface area contributed by atoms with Crippen molar-refractivity contribution in [2.45, 2.75) is 37.8 Å². The standard InChI is InChI=1S/C13H25N7O3/c14-8(3-1-5-18-13(16)17)12(23)20-6-2-4-9(20)11(22)19-7-10(15)21/h8-9H,1-7,14H2,(H2,15,21)(H,19,22)(H4,16,17,18). The number of hydrogen-bond donors (Lipinski definition) is 5. The Morgan fingerprint density at radius 1 is 1.26 bits per heavy atom. The summed E-state index contributed by atoms with van der Waals surface area (Å²) in [5, 5.41) is 2.42. The van der Waals surface area contributed by atoms with Crippen molar-refractivity contribution in [2.75, 3.05) is 19.6 Å². The van der Waals surface area contributed by atoms with Gasteiger partial charge in [0.05, 0.1) is 12.6 Å².